The zero-order valence-electron chi connectivity index (χ0n) is 10.2. The summed E-state index contributed by atoms with van der Waals surface area (Å²) >= 11 is 13.2. The number of thiophene rings is 1. The second kappa shape index (κ2) is 6.79. The predicted octanol–water partition coefficient (Wildman–Crippen LogP) is 4.73. The van der Waals surface area contributed by atoms with Crippen LogP contribution in [-0.2, 0) is 11.4 Å². The van der Waals surface area contributed by atoms with Gasteiger partial charge in [0.15, 0.2) is 0 Å². The van der Waals surface area contributed by atoms with Gasteiger partial charge in [0.2, 0.25) is 0 Å². The van der Waals surface area contributed by atoms with Gasteiger partial charge in [0.1, 0.15) is 12.4 Å². The fourth-order valence-electron chi connectivity index (χ4n) is 1.49. The summed E-state index contributed by atoms with van der Waals surface area (Å²) in [6.07, 6.45) is 2.65. The van der Waals surface area contributed by atoms with Gasteiger partial charge < -0.3 is 9.84 Å². The van der Waals surface area contributed by atoms with Crippen molar-refractivity contribution in [2.75, 3.05) is 0 Å². The van der Waals surface area contributed by atoms with Gasteiger partial charge in [0.25, 0.3) is 0 Å². The van der Waals surface area contributed by atoms with E-state index >= 15 is 0 Å². The number of rotatable bonds is 5. The Hall–Kier alpha value is -1.49. The van der Waals surface area contributed by atoms with Crippen LogP contribution in [-0.4, -0.2) is 11.1 Å². The van der Waals surface area contributed by atoms with Gasteiger partial charge in [0, 0.05) is 17.0 Å². The van der Waals surface area contributed by atoms with Gasteiger partial charge in [-0.25, -0.2) is 4.79 Å². The van der Waals surface area contributed by atoms with Crippen molar-refractivity contribution in [3.8, 4) is 5.75 Å². The molecular formula is C14H10Cl2O3S. The minimum Gasteiger partial charge on any atom is -0.488 e. The van der Waals surface area contributed by atoms with Crippen LogP contribution < -0.4 is 4.74 Å². The van der Waals surface area contributed by atoms with Crippen LogP contribution in [0.1, 0.15) is 10.4 Å². The minimum absolute atomic E-state index is 0.342. The Morgan fingerprint density at radius 1 is 1.30 bits per heavy atom. The third kappa shape index (κ3) is 4.00. The summed E-state index contributed by atoms with van der Waals surface area (Å²) in [5.41, 5.74) is 0.831. The summed E-state index contributed by atoms with van der Waals surface area (Å²) in [6.45, 7) is 0.342. The van der Waals surface area contributed by atoms with E-state index in [-0.39, 0.29) is 0 Å². The molecule has 0 amide bonds. The van der Waals surface area contributed by atoms with Crippen molar-refractivity contribution in [3.63, 3.8) is 0 Å². The number of carboxylic acid groups (broad SMARTS) is 1. The molecule has 0 unspecified atom stereocenters. The van der Waals surface area contributed by atoms with E-state index in [1.54, 1.807) is 24.3 Å². The molecule has 0 aliphatic carbocycles. The van der Waals surface area contributed by atoms with Crippen molar-refractivity contribution < 1.29 is 14.6 Å². The first-order valence-electron chi connectivity index (χ1n) is 5.61. The number of halogens is 2. The number of carbonyl (C=O) groups is 1. The molecule has 0 radical (unpaired) electrons. The molecule has 2 aromatic rings. The summed E-state index contributed by atoms with van der Waals surface area (Å²) < 4.78 is 5.62. The van der Waals surface area contributed by atoms with E-state index < -0.39 is 5.97 Å². The number of aliphatic carboxylic acids is 1. The van der Waals surface area contributed by atoms with E-state index in [1.165, 1.54) is 11.3 Å². The van der Waals surface area contributed by atoms with Gasteiger partial charge in [0.05, 0.1) is 10.0 Å². The lowest BCUT2D eigenvalue weighted by Gasteiger charge is -2.06. The van der Waals surface area contributed by atoms with Crippen molar-refractivity contribution in [2.24, 2.45) is 0 Å². The molecule has 104 valence electrons. The van der Waals surface area contributed by atoms with Crippen LogP contribution in [0.15, 0.2) is 35.7 Å². The Morgan fingerprint density at radius 3 is 2.80 bits per heavy atom. The SMILES string of the molecule is O=C(O)C=Cc1ccsc1COc1ccc(Cl)c(Cl)c1. The van der Waals surface area contributed by atoms with Crippen LogP contribution in [0.25, 0.3) is 6.08 Å². The lowest BCUT2D eigenvalue weighted by Crippen LogP contribution is -1.95. The Balaban J connectivity index is 2.05. The predicted molar refractivity (Wildman–Crippen MR) is 81.8 cm³/mol. The molecule has 0 saturated carbocycles. The summed E-state index contributed by atoms with van der Waals surface area (Å²) in [5.74, 6) is -0.367. The van der Waals surface area contributed by atoms with E-state index in [2.05, 4.69) is 0 Å². The molecule has 2 rings (SSSR count). The molecule has 3 nitrogen and oxygen atoms in total. The highest BCUT2D eigenvalue weighted by Crippen LogP contribution is 2.27. The highest BCUT2D eigenvalue weighted by Gasteiger charge is 2.05. The second-order valence-electron chi connectivity index (χ2n) is 3.84. The molecule has 20 heavy (non-hydrogen) atoms. The molecule has 0 aliphatic heterocycles. The van der Waals surface area contributed by atoms with Gasteiger partial charge in [-0.1, -0.05) is 23.2 Å². The Kier molecular flexibility index (Phi) is 5.06. The molecular weight excluding hydrogens is 319 g/mol. The first-order chi connectivity index (χ1) is 9.56. The zero-order chi connectivity index (χ0) is 14.5. The molecule has 0 atom stereocenters. The van der Waals surface area contributed by atoms with Crippen molar-refractivity contribution in [3.05, 3.63) is 56.2 Å². The van der Waals surface area contributed by atoms with Crippen LogP contribution in [0, 0.1) is 0 Å². The Morgan fingerprint density at radius 2 is 2.10 bits per heavy atom. The van der Waals surface area contributed by atoms with Crippen LogP contribution in [0.2, 0.25) is 10.0 Å². The summed E-state index contributed by atoms with van der Waals surface area (Å²) in [6, 6.07) is 6.88. The normalized spacial score (nSPS) is 10.9. The average molecular weight is 329 g/mol. The zero-order valence-corrected chi connectivity index (χ0v) is 12.5. The van der Waals surface area contributed by atoms with E-state index in [0.29, 0.717) is 22.4 Å². The van der Waals surface area contributed by atoms with Gasteiger partial charge in [-0.2, -0.15) is 0 Å². The topological polar surface area (TPSA) is 46.5 Å². The maximum absolute atomic E-state index is 10.5. The lowest BCUT2D eigenvalue weighted by atomic mass is 10.2. The maximum atomic E-state index is 10.5. The molecule has 0 saturated heterocycles. The van der Waals surface area contributed by atoms with Crippen LogP contribution >= 0.6 is 34.5 Å². The van der Waals surface area contributed by atoms with Crippen LogP contribution in [0.3, 0.4) is 0 Å². The summed E-state index contributed by atoms with van der Waals surface area (Å²) in [7, 11) is 0. The molecule has 1 aromatic heterocycles. The van der Waals surface area contributed by atoms with E-state index in [1.807, 2.05) is 11.4 Å². The van der Waals surface area contributed by atoms with Crippen molar-refractivity contribution in [1.82, 2.24) is 0 Å². The van der Waals surface area contributed by atoms with Gasteiger partial charge in [-0.05, 0) is 35.2 Å². The van der Waals surface area contributed by atoms with E-state index in [9.17, 15) is 4.79 Å². The standard InChI is InChI=1S/C14H10Cl2O3S/c15-11-3-2-10(7-12(11)16)19-8-13-9(5-6-20-13)1-4-14(17)18/h1-7H,8H2,(H,17,18). The first kappa shape index (κ1) is 14.9. The van der Waals surface area contributed by atoms with Crippen LogP contribution in [0.4, 0.5) is 0 Å². The fourth-order valence-corrected chi connectivity index (χ4v) is 2.56. The van der Waals surface area contributed by atoms with E-state index in [0.717, 1.165) is 16.5 Å². The average Bonchev–Trinajstić information content (AvgIpc) is 2.85. The highest BCUT2D eigenvalue weighted by atomic mass is 35.5. The third-order valence-electron chi connectivity index (χ3n) is 2.45. The van der Waals surface area contributed by atoms with Crippen molar-refractivity contribution in [1.29, 1.82) is 0 Å². The van der Waals surface area contributed by atoms with Gasteiger partial charge in [-0.3, -0.25) is 0 Å². The van der Waals surface area contributed by atoms with Gasteiger partial charge in [-0.15, -0.1) is 11.3 Å². The summed E-state index contributed by atoms with van der Waals surface area (Å²) in [5, 5.41) is 11.4. The maximum Gasteiger partial charge on any atom is 0.328 e. The molecule has 0 aliphatic rings. The number of hydrogen-bond donors (Lipinski definition) is 1. The second-order valence-corrected chi connectivity index (χ2v) is 5.65. The number of hydrogen-bond acceptors (Lipinski definition) is 3. The minimum atomic E-state index is -0.979. The molecule has 6 heteroatoms. The smallest absolute Gasteiger partial charge is 0.328 e. The molecule has 0 fully saturated rings. The molecule has 1 heterocycles. The van der Waals surface area contributed by atoms with Crippen molar-refractivity contribution >= 4 is 46.6 Å². The molecule has 1 aromatic carbocycles. The number of benzene rings is 1. The number of ether oxygens (including phenoxy) is 1. The lowest BCUT2D eigenvalue weighted by molar-refractivity contribution is -0.131. The molecule has 0 spiro atoms. The van der Waals surface area contributed by atoms with E-state index in [4.69, 9.17) is 33.0 Å². The largest absolute Gasteiger partial charge is 0.488 e. The van der Waals surface area contributed by atoms with Crippen LogP contribution in [0.5, 0.6) is 5.75 Å². The Labute approximate surface area is 130 Å². The number of carboxylic acids is 1. The highest BCUT2D eigenvalue weighted by molar-refractivity contribution is 7.10. The third-order valence-corrected chi connectivity index (χ3v) is 4.10. The summed E-state index contributed by atoms with van der Waals surface area (Å²) in [4.78, 5) is 11.5. The molecule has 1 N–H and O–H groups in total. The quantitative estimate of drug-likeness (QED) is 0.807. The van der Waals surface area contributed by atoms with Gasteiger partial charge >= 0.3 is 5.97 Å². The Bertz CT molecular complexity index is 650. The molecule has 0 bridgehead atoms. The first-order valence-corrected chi connectivity index (χ1v) is 7.25. The van der Waals surface area contributed by atoms with Crippen molar-refractivity contribution in [2.45, 2.75) is 6.61 Å². The fraction of sp³-hybridized carbons (Fsp3) is 0.0714. The monoisotopic (exact) mass is 328 g/mol.